The number of halogens is 1. The average Bonchev–Trinajstić information content (AvgIpc) is 2.85. The van der Waals surface area contributed by atoms with Crippen LogP contribution < -0.4 is 25.0 Å². The average molecular weight is 587 g/mol. The van der Waals surface area contributed by atoms with Crippen LogP contribution in [-0.4, -0.2) is 38.4 Å². The van der Waals surface area contributed by atoms with Gasteiger partial charge in [0.2, 0.25) is 0 Å². The van der Waals surface area contributed by atoms with Crippen molar-refractivity contribution < 1.29 is 23.8 Å². The van der Waals surface area contributed by atoms with Crippen molar-refractivity contribution in [2.45, 2.75) is 13.8 Å². The number of hydrogen-bond donors (Lipinski definition) is 2. The molecule has 0 atom stereocenters. The zero-order chi connectivity index (χ0) is 25.2. The Labute approximate surface area is 217 Å². The Hall–Kier alpha value is -3.60. The fourth-order valence-corrected chi connectivity index (χ4v) is 3.81. The zero-order valence-corrected chi connectivity index (χ0v) is 21.8. The minimum atomic E-state index is -0.362. The first-order valence-corrected chi connectivity index (χ1v) is 11.9. The third kappa shape index (κ3) is 7.71. The van der Waals surface area contributed by atoms with Crippen molar-refractivity contribution in [3.63, 3.8) is 0 Å². The Kier molecular flexibility index (Phi) is 9.47. The molecule has 0 radical (unpaired) electrons. The van der Waals surface area contributed by atoms with Crippen LogP contribution in [0.3, 0.4) is 0 Å². The maximum absolute atomic E-state index is 12.3. The Morgan fingerprint density at radius 2 is 1.83 bits per heavy atom. The number of rotatable bonds is 10. The molecule has 8 nitrogen and oxygen atoms in total. The number of nitrogens with zero attached hydrogens (tertiary/aromatic N) is 1. The van der Waals surface area contributed by atoms with E-state index in [-0.39, 0.29) is 18.4 Å². The number of carbonyl (C=O) groups excluding carboxylic acids is 2. The highest BCUT2D eigenvalue weighted by molar-refractivity contribution is 14.1. The van der Waals surface area contributed by atoms with Crippen LogP contribution in [0.5, 0.6) is 17.2 Å². The van der Waals surface area contributed by atoms with Gasteiger partial charge in [-0.3, -0.25) is 9.59 Å². The predicted molar refractivity (Wildman–Crippen MR) is 144 cm³/mol. The minimum absolute atomic E-state index is 0.173. The first-order chi connectivity index (χ1) is 16.9. The number of amides is 2. The van der Waals surface area contributed by atoms with E-state index in [0.717, 1.165) is 9.13 Å². The van der Waals surface area contributed by atoms with E-state index in [2.05, 4.69) is 38.4 Å². The van der Waals surface area contributed by atoms with Gasteiger partial charge in [-0.25, -0.2) is 5.43 Å². The standard InChI is InChI=1S/C26H26IN3O5/c1-4-34-23-13-18(15-28-30-26(32)19-6-5-7-21(14-19)33-3)12-22(27)25(23)35-16-24(31)29-20-10-8-17(2)9-11-20/h5-15H,4,16H2,1-3H3,(H,29,31)(H,30,32)/b28-15+. The molecule has 182 valence electrons. The molecule has 0 bridgehead atoms. The summed E-state index contributed by atoms with van der Waals surface area (Å²) in [5.74, 6) is 0.880. The summed E-state index contributed by atoms with van der Waals surface area (Å²) >= 11 is 2.11. The van der Waals surface area contributed by atoms with E-state index in [0.29, 0.717) is 40.7 Å². The highest BCUT2D eigenvalue weighted by Gasteiger charge is 2.14. The van der Waals surface area contributed by atoms with Crippen LogP contribution in [0.15, 0.2) is 65.8 Å². The number of hydrazone groups is 1. The van der Waals surface area contributed by atoms with Gasteiger partial charge in [-0.2, -0.15) is 5.10 Å². The molecule has 0 aliphatic heterocycles. The molecule has 0 spiro atoms. The summed E-state index contributed by atoms with van der Waals surface area (Å²) in [5.41, 5.74) is 5.43. The summed E-state index contributed by atoms with van der Waals surface area (Å²) in [4.78, 5) is 24.7. The second-order valence-electron chi connectivity index (χ2n) is 7.40. The van der Waals surface area contributed by atoms with E-state index in [1.54, 1.807) is 30.3 Å². The Morgan fingerprint density at radius 3 is 2.54 bits per heavy atom. The molecule has 0 aliphatic carbocycles. The summed E-state index contributed by atoms with van der Waals surface area (Å²) in [6, 6.07) is 17.9. The van der Waals surface area contributed by atoms with Crippen molar-refractivity contribution in [1.29, 1.82) is 0 Å². The number of hydrogen-bond acceptors (Lipinski definition) is 6. The van der Waals surface area contributed by atoms with E-state index >= 15 is 0 Å². The van der Waals surface area contributed by atoms with E-state index < -0.39 is 0 Å². The summed E-state index contributed by atoms with van der Waals surface area (Å²) < 4.78 is 17.4. The topological polar surface area (TPSA) is 98.2 Å². The van der Waals surface area contributed by atoms with Crippen LogP contribution >= 0.6 is 22.6 Å². The normalized spacial score (nSPS) is 10.6. The number of carbonyl (C=O) groups is 2. The molecule has 3 aromatic rings. The first-order valence-electron chi connectivity index (χ1n) is 10.8. The highest BCUT2D eigenvalue weighted by Crippen LogP contribution is 2.34. The lowest BCUT2D eigenvalue weighted by atomic mass is 10.2. The van der Waals surface area contributed by atoms with Gasteiger partial charge in [0.1, 0.15) is 5.75 Å². The molecule has 2 amide bonds. The molecular weight excluding hydrogens is 561 g/mol. The smallest absolute Gasteiger partial charge is 0.271 e. The van der Waals surface area contributed by atoms with Gasteiger partial charge < -0.3 is 19.5 Å². The fraction of sp³-hybridized carbons (Fsp3) is 0.192. The van der Waals surface area contributed by atoms with Crippen LogP contribution in [0.1, 0.15) is 28.4 Å². The van der Waals surface area contributed by atoms with Crippen molar-refractivity contribution in [2.24, 2.45) is 5.10 Å². The Balaban J connectivity index is 1.65. The largest absolute Gasteiger partial charge is 0.497 e. The van der Waals surface area contributed by atoms with Crippen LogP contribution in [0.4, 0.5) is 5.69 Å². The number of methoxy groups -OCH3 is 1. The van der Waals surface area contributed by atoms with Crippen LogP contribution in [0.2, 0.25) is 0 Å². The van der Waals surface area contributed by atoms with Crippen LogP contribution in [0, 0.1) is 10.5 Å². The van der Waals surface area contributed by atoms with Crippen LogP contribution in [-0.2, 0) is 4.79 Å². The lowest BCUT2D eigenvalue weighted by Crippen LogP contribution is -2.20. The second kappa shape index (κ2) is 12.7. The molecule has 0 saturated carbocycles. The van der Waals surface area contributed by atoms with Gasteiger partial charge >= 0.3 is 0 Å². The maximum atomic E-state index is 12.3. The summed E-state index contributed by atoms with van der Waals surface area (Å²) in [7, 11) is 1.54. The summed E-state index contributed by atoms with van der Waals surface area (Å²) in [5, 5.41) is 6.85. The third-order valence-corrected chi connectivity index (χ3v) is 5.53. The van der Waals surface area contributed by atoms with Crippen molar-refractivity contribution in [3.8, 4) is 17.2 Å². The van der Waals surface area contributed by atoms with Crippen molar-refractivity contribution in [1.82, 2.24) is 5.43 Å². The number of aryl methyl sites for hydroxylation is 1. The molecule has 3 rings (SSSR count). The van der Waals surface area contributed by atoms with Crippen molar-refractivity contribution in [3.05, 3.63) is 80.9 Å². The molecule has 9 heteroatoms. The highest BCUT2D eigenvalue weighted by atomic mass is 127. The SMILES string of the molecule is CCOc1cc(/C=N/NC(=O)c2cccc(OC)c2)cc(I)c1OCC(=O)Nc1ccc(C)cc1. The van der Waals surface area contributed by atoms with Gasteiger partial charge in [0.15, 0.2) is 18.1 Å². The van der Waals surface area contributed by atoms with Crippen molar-refractivity contribution in [2.75, 3.05) is 25.6 Å². The molecule has 0 heterocycles. The van der Waals surface area contributed by atoms with Gasteiger partial charge in [0.25, 0.3) is 11.8 Å². The fourth-order valence-electron chi connectivity index (χ4n) is 3.03. The molecule has 35 heavy (non-hydrogen) atoms. The van der Waals surface area contributed by atoms with Gasteiger partial charge in [-0.15, -0.1) is 0 Å². The Morgan fingerprint density at radius 1 is 1.06 bits per heavy atom. The quantitative estimate of drug-likeness (QED) is 0.202. The molecule has 0 aromatic heterocycles. The number of benzene rings is 3. The minimum Gasteiger partial charge on any atom is -0.497 e. The second-order valence-corrected chi connectivity index (χ2v) is 8.56. The molecule has 0 fully saturated rings. The van der Waals surface area contributed by atoms with Crippen LogP contribution in [0.25, 0.3) is 0 Å². The molecule has 0 saturated heterocycles. The van der Waals surface area contributed by atoms with E-state index in [4.69, 9.17) is 14.2 Å². The number of anilines is 1. The molecule has 0 aliphatic rings. The van der Waals surface area contributed by atoms with E-state index in [1.165, 1.54) is 13.3 Å². The molecule has 2 N–H and O–H groups in total. The summed E-state index contributed by atoms with van der Waals surface area (Å²) in [6.07, 6.45) is 1.51. The Bertz CT molecular complexity index is 1210. The van der Waals surface area contributed by atoms with Gasteiger partial charge in [-0.1, -0.05) is 23.8 Å². The zero-order valence-electron chi connectivity index (χ0n) is 19.6. The maximum Gasteiger partial charge on any atom is 0.271 e. The van der Waals surface area contributed by atoms with Crippen molar-refractivity contribution >= 4 is 46.3 Å². The summed E-state index contributed by atoms with van der Waals surface area (Å²) in [6.45, 7) is 4.08. The number of ether oxygens (including phenoxy) is 3. The molecule has 0 unspecified atom stereocenters. The predicted octanol–water partition coefficient (Wildman–Crippen LogP) is 4.79. The van der Waals surface area contributed by atoms with Gasteiger partial charge in [-0.05, 0) is 84.5 Å². The monoisotopic (exact) mass is 587 g/mol. The van der Waals surface area contributed by atoms with Gasteiger partial charge in [0.05, 0.1) is 23.5 Å². The van der Waals surface area contributed by atoms with E-state index in [9.17, 15) is 9.59 Å². The molecular formula is C26H26IN3O5. The number of nitrogens with one attached hydrogen (secondary N) is 2. The lowest BCUT2D eigenvalue weighted by molar-refractivity contribution is -0.118. The third-order valence-electron chi connectivity index (χ3n) is 4.73. The lowest BCUT2D eigenvalue weighted by Gasteiger charge is -2.14. The molecule has 3 aromatic carbocycles. The van der Waals surface area contributed by atoms with E-state index in [1.807, 2.05) is 44.2 Å². The first kappa shape index (κ1) is 26.0. The van der Waals surface area contributed by atoms with Gasteiger partial charge in [0, 0.05) is 11.3 Å².